The minimum atomic E-state index is -1.09. The van der Waals surface area contributed by atoms with Crippen molar-refractivity contribution in [2.24, 2.45) is 0 Å². The van der Waals surface area contributed by atoms with Gasteiger partial charge in [0, 0.05) is 23.2 Å². The van der Waals surface area contributed by atoms with Crippen LogP contribution < -0.4 is 5.32 Å². The van der Waals surface area contributed by atoms with Gasteiger partial charge in [-0.1, -0.05) is 38.1 Å². The van der Waals surface area contributed by atoms with Gasteiger partial charge in [0.2, 0.25) is 5.91 Å². The topological polar surface area (TPSA) is 93.5 Å². The zero-order chi connectivity index (χ0) is 21.8. The highest BCUT2D eigenvalue weighted by atomic mass is 16.5. The molecule has 1 heterocycles. The zero-order valence-electron chi connectivity index (χ0n) is 17.9. The van der Waals surface area contributed by atoms with Crippen molar-refractivity contribution in [2.75, 3.05) is 13.2 Å². The first-order valence-corrected chi connectivity index (χ1v) is 10.2. The molecule has 160 valence electrons. The second kappa shape index (κ2) is 9.26. The lowest BCUT2D eigenvalue weighted by atomic mass is 9.96. The molecule has 1 aliphatic carbocycles. The number of nitrogens with one attached hydrogen (secondary N) is 1. The fraction of sp³-hybridized carbons (Fsp3) is 0.435. The standard InChI is InChI=1S/C23H29N3O4/c1-14(2)17-6-9-20(10-7-17)26-16(4)23(15(3)25-26)18-5-8-19(11-18)24-21(27)12-30-13-22(28)29/h5-10,14,18-19H,11-13H2,1-4H3,(H,24,27)(H,28,29). The van der Waals surface area contributed by atoms with Crippen LogP contribution in [0.3, 0.4) is 0 Å². The lowest BCUT2D eigenvalue weighted by Gasteiger charge is -2.15. The molecule has 0 bridgehead atoms. The van der Waals surface area contributed by atoms with Gasteiger partial charge in [0.25, 0.3) is 0 Å². The van der Waals surface area contributed by atoms with E-state index in [9.17, 15) is 9.59 Å². The van der Waals surface area contributed by atoms with Crippen LogP contribution in [0.5, 0.6) is 0 Å². The molecule has 2 aromatic rings. The average molecular weight is 412 g/mol. The second-order valence-corrected chi connectivity index (χ2v) is 8.03. The Morgan fingerprint density at radius 2 is 1.90 bits per heavy atom. The van der Waals surface area contributed by atoms with Crippen molar-refractivity contribution in [3.8, 4) is 5.69 Å². The maximum atomic E-state index is 11.9. The van der Waals surface area contributed by atoms with E-state index in [4.69, 9.17) is 14.9 Å². The van der Waals surface area contributed by atoms with Gasteiger partial charge in [0.1, 0.15) is 13.2 Å². The maximum absolute atomic E-state index is 11.9. The molecule has 0 spiro atoms. The third kappa shape index (κ3) is 4.97. The minimum absolute atomic E-state index is 0.108. The minimum Gasteiger partial charge on any atom is -0.480 e. The number of hydrogen-bond donors (Lipinski definition) is 2. The van der Waals surface area contributed by atoms with Gasteiger partial charge in [-0.2, -0.15) is 5.10 Å². The molecule has 0 fully saturated rings. The SMILES string of the molecule is Cc1nn(-c2ccc(C(C)C)cc2)c(C)c1C1C=CC(NC(=O)COCC(=O)O)C1. The van der Waals surface area contributed by atoms with Gasteiger partial charge in [-0.15, -0.1) is 0 Å². The van der Waals surface area contributed by atoms with Gasteiger partial charge < -0.3 is 15.2 Å². The Hall–Kier alpha value is -2.93. The molecule has 0 aliphatic heterocycles. The fourth-order valence-electron chi connectivity index (χ4n) is 3.94. The van der Waals surface area contributed by atoms with E-state index in [2.05, 4.69) is 56.4 Å². The molecule has 7 nitrogen and oxygen atoms in total. The van der Waals surface area contributed by atoms with Crippen molar-refractivity contribution < 1.29 is 19.4 Å². The third-order valence-electron chi connectivity index (χ3n) is 5.41. The summed E-state index contributed by atoms with van der Waals surface area (Å²) in [7, 11) is 0. The van der Waals surface area contributed by atoms with E-state index in [0.717, 1.165) is 23.5 Å². The number of aryl methyl sites for hydroxylation is 1. The molecule has 2 atom stereocenters. The monoisotopic (exact) mass is 411 g/mol. The van der Waals surface area contributed by atoms with Crippen LogP contribution in [0.25, 0.3) is 5.69 Å². The summed E-state index contributed by atoms with van der Waals surface area (Å²) in [6.07, 6.45) is 4.82. The molecule has 0 saturated carbocycles. The number of rotatable bonds is 8. The predicted octanol–water partition coefficient (Wildman–Crippen LogP) is 3.24. The van der Waals surface area contributed by atoms with Gasteiger partial charge >= 0.3 is 5.97 Å². The molecule has 3 rings (SSSR count). The van der Waals surface area contributed by atoms with E-state index in [-0.39, 0.29) is 24.5 Å². The largest absolute Gasteiger partial charge is 0.480 e. The summed E-state index contributed by atoms with van der Waals surface area (Å²) in [5.41, 5.74) is 5.58. The first-order chi connectivity index (χ1) is 14.3. The van der Waals surface area contributed by atoms with Gasteiger partial charge in [-0.3, -0.25) is 4.79 Å². The Morgan fingerprint density at radius 1 is 1.20 bits per heavy atom. The first-order valence-electron chi connectivity index (χ1n) is 10.2. The van der Waals surface area contributed by atoms with E-state index in [0.29, 0.717) is 5.92 Å². The Labute approximate surface area is 176 Å². The zero-order valence-corrected chi connectivity index (χ0v) is 17.9. The van der Waals surface area contributed by atoms with Crippen LogP contribution in [-0.2, 0) is 14.3 Å². The summed E-state index contributed by atoms with van der Waals surface area (Å²) >= 11 is 0. The lowest BCUT2D eigenvalue weighted by molar-refractivity contribution is -0.143. The molecule has 7 heteroatoms. The molecule has 1 aromatic carbocycles. The summed E-state index contributed by atoms with van der Waals surface area (Å²) in [4.78, 5) is 22.4. The number of hydrogen-bond acceptors (Lipinski definition) is 4. The summed E-state index contributed by atoms with van der Waals surface area (Å²) < 4.78 is 6.82. The molecule has 1 amide bonds. The van der Waals surface area contributed by atoms with E-state index in [1.165, 1.54) is 11.1 Å². The number of benzene rings is 1. The Balaban J connectivity index is 1.67. The molecular formula is C23H29N3O4. The first kappa shape index (κ1) is 21.8. The lowest BCUT2D eigenvalue weighted by Crippen LogP contribution is -2.35. The van der Waals surface area contributed by atoms with Crippen molar-refractivity contribution >= 4 is 11.9 Å². The molecule has 1 aromatic heterocycles. The fourth-order valence-corrected chi connectivity index (χ4v) is 3.94. The Bertz CT molecular complexity index is 944. The Morgan fingerprint density at radius 3 is 2.53 bits per heavy atom. The smallest absolute Gasteiger partial charge is 0.329 e. The van der Waals surface area contributed by atoms with Gasteiger partial charge in [0.05, 0.1) is 11.4 Å². The molecule has 1 aliphatic rings. The van der Waals surface area contributed by atoms with Crippen molar-refractivity contribution in [2.45, 2.75) is 52.0 Å². The number of carbonyl (C=O) groups is 2. The van der Waals surface area contributed by atoms with Gasteiger partial charge in [0.15, 0.2) is 0 Å². The molecule has 30 heavy (non-hydrogen) atoms. The van der Waals surface area contributed by atoms with Gasteiger partial charge in [-0.25, -0.2) is 9.48 Å². The molecule has 0 radical (unpaired) electrons. The summed E-state index contributed by atoms with van der Waals surface area (Å²) in [6, 6.07) is 8.38. The van der Waals surface area contributed by atoms with Crippen molar-refractivity contribution in [1.29, 1.82) is 0 Å². The number of carboxylic acid groups (broad SMARTS) is 1. The number of nitrogens with zero attached hydrogens (tertiary/aromatic N) is 2. The number of ether oxygens (including phenoxy) is 1. The van der Waals surface area contributed by atoms with Crippen LogP contribution in [0, 0.1) is 13.8 Å². The van der Waals surface area contributed by atoms with Crippen molar-refractivity contribution in [3.05, 3.63) is 58.9 Å². The molecule has 2 N–H and O–H groups in total. The summed E-state index contributed by atoms with van der Waals surface area (Å²) in [5.74, 6) is -0.759. The van der Waals surface area contributed by atoms with Crippen LogP contribution in [0.1, 0.15) is 54.6 Å². The Kier molecular flexibility index (Phi) is 6.72. The number of aliphatic carboxylic acids is 1. The van der Waals surface area contributed by atoms with Crippen LogP contribution >= 0.6 is 0 Å². The normalized spacial score (nSPS) is 18.2. The number of carbonyl (C=O) groups excluding carboxylic acids is 1. The summed E-state index contributed by atoms with van der Waals surface area (Å²) in [6.45, 7) is 7.70. The maximum Gasteiger partial charge on any atom is 0.329 e. The third-order valence-corrected chi connectivity index (χ3v) is 5.41. The van der Waals surface area contributed by atoms with Crippen LogP contribution in [0.15, 0.2) is 36.4 Å². The highest BCUT2D eigenvalue weighted by Crippen LogP contribution is 2.34. The highest BCUT2D eigenvalue weighted by molar-refractivity contribution is 5.78. The highest BCUT2D eigenvalue weighted by Gasteiger charge is 2.27. The van der Waals surface area contributed by atoms with E-state index in [1.807, 2.05) is 17.7 Å². The van der Waals surface area contributed by atoms with E-state index < -0.39 is 12.6 Å². The second-order valence-electron chi connectivity index (χ2n) is 8.03. The number of aromatic nitrogens is 2. The number of carboxylic acids is 1. The van der Waals surface area contributed by atoms with Crippen molar-refractivity contribution in [3.63, 3.8) is 0 Å². The quantitative estimate of drug-likeness (QED) is 0.651. The van der Waals surface area contributed by atoms with Gasteiger partial charge in [-0.05, 0) is 43.9 Å². The molecule has 2 unspecified atom stereocenters. The molecular weight excluding hydrogens is 382 g/mol. The number of allylic oxidation sites excluding steroid dienone is 1. The summed E-state index contributed by atoms with van der Waals surface area (Å²) in [5, 5.41) is 16.2. The average Bonchev–Trinajstić information content (AvgIpc) is 3.25. The van der Waals surface area contributed by atoms with E-state index in [1.54, 1.807) is 0 Å². The van der Waals surface area contributed by atoms with Crippen LogP contribution in [-0.4, -0.2) is 46.0 Å². The van der Waals surface area contributed by atoms with E-state index >= 15 is 0 Å². The van der Waals surface area contributed by atoms with Crippen molar-refractivity contribution in [1.82, 2.24) is 15.1 Å². The molecule has 0 saturated heterocycles. The van der Waals surface area contributed by atoms with Crippen LogP contribution in [0.4, 0.5) is 0 Å². The number of amides is 1. The predicted molar refractivity (Wildman–Crippen MR) is 114 cm³/mol. The van der Waals surface area contributed by atoms with Crippen LogP contribution in [0.2, 0.25) is 0 Å².